The summed E-state index contributed by atoms with van der Waals surface area (Å²) in [5.74, 6) is 0.365. The number of nitrogens with one attached hydrogen (secondary N) is 2. The summed E-state index contributed by atoms with van der Waals surface area (Å²) in [7, 11) is -3.40. The number of fused-ring (bicyclic) bond motifs is 3. The quantitative estimate of drug-likeness (QED) is 0.553. The first-order valence-electron chi connectivity index (χ1n) is 9.06. The lowest BCUT2D eigenvalue weighted by molar-refractivity contribution is 0.605. The Kier molecular flexibility index (Phi) is 3.03. The van der Waals surface area contributed by atoms with Crippen LogP contribution >= 0.6 is 0 Å². The number of anilines is 2. The van der Waals surface area contributed by atoms with Gasteiger partial charge in [-0.3, -0.25) is 10.1 Å². The molecule has 0 unspecified atom stereocenters. The van der Waals surface area contributed by atoms with Crippen LogP contribution in [-0.2, 0) is 9.84 Å². The number of hydrogen-bond donors (Lipinski definition) is 2. The van der Waals surface area contributed by atoms with Gasteiger partial charge in [0, 0.05) is 28.4 Å². The van der Waals surface area contributed by atoms with E-state index in [1.54, 1.807) is 12.3 Å². The third-order valence-electron chi connectivity index (χ3n) is 5.36. The van der Waals surface area contributed by atoms with E-state index in [1.165, 1.54) is 5.41 Å². The first kappa shape index (κ1) is 15.8. The van der Waals surface area contributed by atoms with Crippen LogP contribution in [0, 0.1) is 5.92 Å². The first-order chi connectivity index (χ1) is 13.6. The summed E-state index contributed by atoms with van der Waals surface area (Å²) < 4.78 is 25.4. The van der Waals surface area contributed by atoms with Crippen LogP contribution in [0.5, 0.6) is 0 Å². The van der Waals surface area contributed by atoms with Crippen LogP contribution in [0.2, 0.25) is 0 Å². The maximum Gasteiger partial charge on any atom is 0.200 e. The second kappa shape index (κ2) is 5.39. The van der Waals surface area contributed by atoms with Crippen LogP contribution in [0.3, 0.4) is 0 Å². The summed E-state index contributed by atoms with van der Waals surface area (Å²) in [6.45, 7) is 0. The molecule has 0 radical (unpaired) electrons. The average molecular weight is 389 g/mol. The van der Waals surface area contributed by atoms with Crippen molar-refractivity contribution in [2.45, 2.75) is 17.7 Å². The number of aromatic nitrogens is 4. The molecule has 7 nitrogen and oxygen atoms in total. The molecule has 1 saturated carbocycles. The molecule has 8 heteroatoms. The number of H-pyrrole nitrogens is 1. The molecule has 1 fully saturated rings. The van der Waals surface area contributed by atoms with Crippen molar-refractivity contribution >= 4 is 48.7 Å². The maximum atomic E-state index is 12.7. The lowest BCUT2D eigenvalue weighted by atomic mass is 10.0. The largest absolute Gasteiger partial charge is 0.355 e. The van der Waals surface area contributed by atoms with Gasteiger partial charge in [-0.1, -0.05) is 5.21 Å². The molecule has 3 heterocycles. The number of hydrogen-bond acceptors (Lipinski definition) is 6. The molecular weight excluding hydrogens is 374 g/mol. The Morgan fingerprint density at radius 1 is 1.07 bits per heavy atom. The fraction of sp³-hybridized carbons (Fsp3) is 0.150. The van der Waals surface area contributed by atoms with Gasteiger partial charge in [-0.2, -0.15) is 0 Å². The molecule has 2 N–H and O–H groups in total. The number of rotatable bonds is 3. The fourth-order valence-corrected chi connectivity index (χ4v) is 5.37. The summed E-state index contributed by atoms with van der Waals surface area (Å²) in [6.07, 6.45) is 3.84. The third-order valence-corrected chi connectivity index (χ3v) is 6.88. The first-order valence-corrected chi connectivity index (χ1v) is 10.6. The number of aromatic amines is 1. The van der Waals surface area contributed by atoms with Gasteiger partial charge in [0.1, 0.15) is 5.52 Å². The van der Waals surface area contributed by atoms with Gasteiger partial charge in [-0.15, -0.1) is 5.10 Å². The molecular formula is C20H15N5O2S. The molecule has 2 aromatic heterocycles. The topological polar surface area (TPSA) is 101 Å². The standard InChI is InChI=1S/C20H15N5O2S/c26-28(27)10-15(11-1-2-11)13-8-18-14(9-20(13)28)16(5-6-21-18)22-12-3-4-17-19(7-12)24-25-23-17/h3-11H,1-2H2,(H,21,22)(H,23,24,25). The molecule has 0 amide bonds. The molecule has 0 saturated heterocycles. The van der Waals surface area contributed by atoms with Crippen molar-refractivity contribution in [1.29, 1.82) is 0 Å². The van der Waals surface area contributed by atoms with Gasteiger partial charge < -0.3 is 5.32 Å². The van der Waals surface area contributed by atoms with Crippen molar-refractivity contribution in [3.8, 4) is 0 Å². The average Bonchev–Trinajstić information content (AvgIpc) is 3.36. The zero-order valence-corrected chi connectivity index (χ0v) is 15.5. The Labute approximate surface area is 160 Å². The summed E-state index contributed by atoms with van der Waals surface area (Å²) in [5, 5.41) is 16.2. The maximum absolute atomic E-state index is 12.7. The van der Waals surface area contributed by atoms with E-state index in [-0.39, 0.29) is 0 Å². The fourth-order valence-electron chi connectivity index (χ4n) is 3.83. The van der Waals surface area contributed by atoms with Gasteiger partial charge in [0.05, 0.1) is 15.9 Å². The molecule has 2 aliphatic rings. The van der Waals surface area contributed by atoms with E-state index in [4.69, 9.17) is 0 Å². The second-order valence-electron chi connectivity index (χ2n) is 7.29. The van der Waals surface area contributed by atoms with Gasteiger partial charge >= 0.3 is 0 Å². The minimum atomic E-state index is -3.40. The Balaban J connectivity index is 1.49. The number of nitrogens with zero attached hydrogens (tertiary/aromatic N) is 3. The molecule has 0 bridgehead atoms. The van der Waals surface area contributed by atoms with Gasteiger partial charge in [-0.05, 0) is 66.3 Å². The highest BCUT2D eigenvalue weighted by molar-refractivity contribution is 7.95. The highest BCUT2D eigenvalue weighted by Crippen LogP contribution is 2.49. The Morgan fingerprint density at radius 2 is 1.96 bits per heavy atom. The van der Waals surface area contributed by atoms with Crippen LogP contribution in [0.1, 0.15) is 18.4 Å². The predicted octanol–water partition coefficient (Wildman–Crippen LogP) is 3.79. The number of pyridine rings is 1. The smallest absolute Gasteiger partial charge is 0.200 e. The van der Waals surface area contributed by atoms with E-state index < -0.39 is 9.84 Å². The Morgan fingerprint density at radius 3 is 2.82 bits per heavy atom. The number of allylic oxidation sites excluding steroid dienone is 1. The van der Waals surface area contributed by atoms with E-state index in [9.17, 15) is 8.42 Å². The molecule has 0 spiro atoms. The van der Waals surface area contributed by atoms with Crippen LogP contribution in [0.15, 0.2) is 52.9 Å². The van der Waals surface area contributed by atoms with E-state index >= 15 is 0 Å². The molecule has 2 aromatic carbocycles. The lowest BCUT2D eigenvalue weighted by Gasteiger charge is -2.12. The van der Waals surface area contributed by atoms with E-state index in [0.717, 1.165) is 57.3 Å². The second-order valence-corrected chi connectivity index (χ2v) is 9.05. The van der Waals surface area contributed by atoms with Crippen LogP contribution in [-0.4, -0.2) is 28.8 Å². The van der Waals surface area contributed by atoms with Gasteiger partial charge in [0.15, 0.2) is 0 Å². The zero-order valence-electron chi connectivity index (χ0n) is 14.7. The van der Waals surface area contributed by atoms with Gasteiger partial charge in [0.25, 0.3) is 0 Å². The molecule has 0 atom stereocenters. The van der Waals surface area contributed by atoms with E-state index in [2.05, 4.69) is 25.7 Å². The SMILES string of the molecule is O=S1(=O)C=C(C2CC2)c2cc3nccc(Nc4ccc5nn[nH]c5c4)c3cc21. The summed E-state index contributed by atoms with van der Waals surface area (Å²) in [4.78, 5) is 4.86. The monoisotopic (exact) mass is 389 g/mol. The van der Waals surface area contributed by atoms with Crippen molar-refractivity contribution in [2.24, 2.45) is 5.92 Å². The highest BCUT2D eigenvalue weighted by atomic mass is 32.2. The summed E-state index contributed by atoms with van der Waals surface area (Å²) in [5.41, 5.74) is 5.79. The van der Waals surface area contributed by atoms with E-state index in [0.29, 0.717) is 10.8 Å². The lowest BCUT2D eigenvalue weighted by Crippen LogP contribution is -1.97. The molecule has 6 rings (SSSR count). The normalized spacial score (nSPS) is 17.6. The van der Waals surface area contributed by atoms with Crippen LogP contribution < -0.4 is 5.32 Å². The van der Waals surface area contributed by atoms with Crippen molar-refractivity contribution < 1.29 is 8.42 Å². The highest BCUT2D eigenvalue weighted by Gasteiger charge is 2.36. The minimum absolute atomic E-state index is 0.365. The predicted molar refractivity (Wildman–Crippen MR) is 107 cm³/mol. The molecule has 1 aliphatic carbocycles. The molecule has 4 aromatic rings. The van der Waals surface area contributed by atoms with Gasteiger partial charge in [-0.25, -0.2) is 8.42 Å². The Hall–Kier alpha value is -3.26. The van der Waals surface area contributed by atoms with E-state index in [1.807, 2.05) is 30.3 Å². The Bertz CT molecular complexity index is 1420. The van der Waals surface area contributed by atoms with Gasteiger partial charge in [0.2, 0.25) is 9.84 Å². The number of benzene rings is 2. The van der Waals surface area contributed by atoms with Crippen molar-refractivity contribution in [3.63, 3.8) is 0 Å². The number of sulfone groups is 1. The summed E-state index contributed by atoms with van der Waals surface area (Å²) in [6, 6.07) is 11.2. The van der Waals surface area contributed by atoms with Crippen LogP contribution in [0.4, 0.5) is 11.4 Å². The molecule has 28 heavy (non-hydrogen) atoms. The van der Waals surface area contributed by atoms with Crippen molar-refractivity contribution in [3.05, 3.63) is 53.6 Å². The van der Waals surface area contributed by atoms with Crippen molar-refractivity contribution in [2.75, 3.05) is 5.32 Å². The molecule has 1 aliphatic heterocycles. The minimum Gasteiger partial charge on any atom is -0.355 e. The zero-order chi connectivity index (χ0) is 18.9. The molecule has 138 valence electrons. The van der Waals surface area contributed by atoms with Crippen LogP contribution in [0.25, 0.3) is 27.5 Å². The third kappa shape index (κ3) is 2.34. The summed E-state index contributed by atoms with van der Waals surface area (Å²) >= 11 is 0. The van der Waals surface area contributed by atoms with Crippen molar-refractivity contribution in [1.82, 2.24) is 20.4 Å².